The van der Waals surface area contributed by atoms with Crippen LogP contribution in [0.3, 0.4) is 0 Å². The van der Waals surface area contributed by atoms with Crippen LogP contribution < -0.4 is 9.64 Å². The first kappa shape index (κ1) is 26.9. The number of rotatable bonds is 9. The molecule has 0 unspecified atom stereocenters. The van der Waals surface area contributed by atoms with Crippen molar-refractivity contribution in [1.29, 1.82) is 0 Å². The first-order chi connectivity index (χ1) is 18.3. The number of nitro groups is 1. The summed E-state index contributed by atoms with van der Waals surface area (Å²) in [7, 11) is 1.57. The highest BCUT2D eigenvalue weighted by Gasteiger charge is 2.27. The van der Waals surface area contributed by atoms with E-state index in [1.54, 1.807) is 37.1 Å². The standard InChI is InChI=1S/C29H30FN3O5/c1-20-19-23(5-12-27(20)33(36)37)29(35)32(25-8-10-26(38-2)11-9-25)18-17-31-15-13-22(14-16-31)28(34)21-3-6-24(30)7-4-21/h3-12,19,22H,13-18H2,1-2H3. The second kappa shape index (κ2) is 12.0. The molecule has 38 heavy (non-hydrogen) atoms. The van der Waals surface area contributed by atoms with Gasteiger partial charge in [0, 0.05) is 47.5 Å². The van der Waals surface area contributed by atoms with E-state index in [2.05, 4.69) is 4.90 Å². The Bertz CT molecular complexity index is 1300. The number of nitro benzene ring substituents is 1. The van der Waals surface area contributed by atoms with Gasteiger partial charge in [-0.1, -0.05) is 0 Å². The number of aryl methyl sites for hydroxylation is 1. The van der Waals surface area contributed by atoms with Gasteiger partial charge in [0.2, 0.25) is 0 Å². The van der Waals surface area contributed by atoms with Gasteiger partial charge in [-0.05, 0) is 93.5 Å². The zero-order valence-corrected chi connectivity index (χ0v) is 21.4. The van der Waals surface area contributed by atoms with Crippen LogP contribution in [0.2, 0.25) is 0 Å². The minimum absolute atomic E-state index is 0.0318. The lowest BCUT2D eigenvalue weighted by Gasteiger charge is -2.33. The van der Waals surface area contributed by atoms with Gasteiger partial charge in [0.15, 0.2) is 5.78 Å². The number of carbonyl (C=O) groups is 2. The molecule has 1 heterocycles. The number of hydrogen-bond acceptors (Lipinski definition) is 6. The highest BCUT2D eigenvalue weighted by Crippen LogP contribution is 2.26. The molecule has 0 bridgehead atoms. The SMILES string of the molecule is COc1ccc(N(CCN2CCC(C(=O)c3ccc(F)cc3)CC2)C(=O)c2ccc([N+](=O)[O-])c(C)c2)cc1. The lowest BCUT2D eigenvalue weighted by molar-refractivity contribution is -0.385. The Labute approximate surface area is 220 Å². The summed E-state index contributed by atoms with van der Waals surface area (Å²) in [5.41, 5.74) is 1.97. The number of nitrogens with zero attached hydrogens (tertiary/aromatic N) is 3. The molecule has 1 amide bonds. The van der Waals surface area contributed by atoms with Gasteiger partial charge in [-0.15, -0.1) is 0 Å². The number of Topliss-reactive ketones (excluding diaryl/α,β-unsaturated/α-hetero) is 1. The van der Waals surface area contributed by atoms with Crippen molar-refractivity contribution in [2.75, 3.05) is 38.2 Å². The molecule has 3 aromatic rings. The molecule has 0 saturated carbocycles. The van der Waals surface area contributed by atoms with Crippen LogP contribution in [0.4, 0.5) is 15.8 Å². The van der Waals surface area contributed by atoms with Gasteiger partial charge in [0.25, 0.3) is 11.6 Å². The van der Waals surface area contributed by atoms with E-state index in [-0.39, 0.29) is 29.1 Å². The highest BCUT2D eigenvalue weighted by atomic mass is 19.1. The van der Waals surface area contributed by atoms with Crippen LogP contribution in [0.5, 0.6) is 5.75 Å². The number of ketones is 1. The van der Waals surface area contributed by atoms with Crippen molar-refractivity contribution < 1.29 is 23.6 Å². The molecule has 0 radical (unpaired) electrons. The third-order valence-corrected chi connectivity index (χ3v) is 7.00. The quantitative estimate of drug-likeness (QED) is 0.217. The minimum Gasteiger partial charge on any atom is -0.497 e. The van der Waals surface area contributed by atoms with Gasteiger partial charge >= 0.3 is 0 Å². The lowest BCUT2D eigenvalue weighted by atomic mass is 9.89. The van der Waals surface area contributed by atoms with Gasteiger partial charge < -0.3 is 14.5 Å². The summed E-state index contributed by atoms with van der Waals surface area (Å²) in [6.07, 6.45) is 1.38. The van der Waals surface area contributed by atoms with Crippen molar-refractivity contribution in [3.8, 4) is 5.75 Å². The van der Waals surface area contributed by atoms with Gasteiger partial charge in [-0.25, -0.2) is 4.39 Å². The highest BCUT2D eigenvalue weighted by molar-refractivity contribution is 6.06. The number of anilines is 1. The third kappa shape index (κ3) is 6.23. The molecule has 1 aliphatic heterocycles. The first-order valence-electron chi connectivity index (χ1n) is 12.5. The molecular formula is C29H30FN3O5. The Kier molecular flexibility index (Phi) is 8.48. The second-order valence-corrected chi connectivity index (χ2v) is 9.40. The zero-order chi connectivity index (χ0) is 27.2. The molecule has 0 atom stereocenters. The molecule has 1 fully saturated rings. The summed E-state index contributed by atoms with van der Waals surface area (Å²) in [6, 6.07) is 17.2. The molecule has 8 nitrogen and oxygen atoms in total. The van der Waals surface area contributed by atoms with Gasteiger partial charge in [0.1, 0.15) is 11.6 Å². The van der Waals surface area contributed by atoms with Crippen molar-refractivity contribution >= 4 is 23.1 Å². The Morgan fingerprint density at radius 3 is 2.24 bits per heavy atom. The smallest absolute Gasteiger partial charge is 0.272 e. The van der Waals surface area contributed by atoms with E-state index in [0.29, 0.717) is 67.1 Å². The third-order valence-electron chi connectivity index (χ3n) is 7.00. The van der Waals surface area contributed by atoms with E-state index in [1.807, 2.05) is 12.1 Å². The molecule has 0 spiro atoms. The fraction of sp³-hybridized carbons (Fsp3) is 0.310. The summed E-state index contributed by atoms with van der Waals surface area (Å²) in [4.78, 5) is 41.0. The molecule has 198 valence electrons. The number of benzene rings is 3. The van der Waals surface area contributed by atoms with E-state index in [4.69, 9.17) is 4.74 Å². The Hall–Kier alpha value is -4.11. The molecule has 9 heteroatoms. The number of ether oxygens (including phenoxy) is 1. The molecule has 3 aromatic carbocycles. The van der Waals surface area contributed by atoms with E-state index in [9.17, 15) is 24.1 Å². The van der Waals surface area contributed by atoms with E-state index >= 15 is 0 Å². The van der Waals surface area contributed by atoms with Crippen molar-refractivity contribution in [3.63, 3.8) is 0 Å². The van der Waals surface area contributed by atoms with Crippen LogP contribution in [0.25, 0.3) is 0 Å². The molecule has 0 aliphatic carbocycles. The molecule has 4 rings (SSSR count). The minimum atomic E-state index is -0.463. The number of methoxy groups -OCH3 is 1. The number of carbonyl (C=O) groups excluding carboxylic acids is 2. The van der Waals surface area contributed by atoms with Gasteiger partial charge in [-0.3, -0.25) is 19.7 Å². The number of amides is 1. The lowest BCUT2D eigenvalue weighted by Crippen LogP contribution is -2.42. The summed E-state index contributed by atoms with van der Waals surface area (Å²) >= 11 is 0. The maximum atomic E-state index is 13.6. The van der Waals surface area contributed by atoms with Crippen LogP contribution in [0.1, 0.15) is 39.1 Å². The van der Waals surface area contributed by atoms with Crippen LogP contribution in [-0.2, 0) is 0 Å². The van der Waals surface area contributed by atoms with E-state index in [0.717, 1.165) is 0 Å². The second-order valence-electron chi connectivity index (χ2n) is 9.40. The molecule has 1 aliphatic rings. The monoisotopic (exact) mass is 519 g/mol. The summed E-state index contributed by atoms with van der Waals surface area (Å²) in [5.74, 6) is -0.0293. The number of hydrogen-bond donors (Lipinski definition) is 0. The summed E-state index contributed by atoms with van der Waals surface area (Å²) < 4.78 is 18.5. The average molecular weight is 520 g/mol. The predicted molar refractivity (Wildman–Crippen MR) is 142 cm³/mol. The largest absolute Gasteiger partial charge is 0.497 e. The Balaban J connectivity index is 1.44. The van der Waals surface area contributed by atoms with Crippen LogP contribution in [0.15, 0.2) is 66.7 Å². The molecule has 0 aromatic heterocycles. The maximum Gasteiger partial charge on any atom is 0.272 e. The number of halogens is 1. The molecular weight excluding hydrogens is 489 g/mol. The summed E-state index contributed by atoms with van der Waals surface area (Å²) in [5, 5.41) is 11.2. The van der Waals surface area contributed by atoms with E-state index in [1.165, 1.54) is 36.4 Å². The van der Waals surface area contributed by atoms with Crippen molar-refractivity contribution in [2.45, 2.75) is 19.8 Å². The van der Waals surface area contributed by atoms with Crippen molar-refractivity contribution in [1.82, 2.24) is 4.90 Å². The normalized spacial score (nSPS) is 14.2. The fourth-order valence-corrected chi connectivity index (χ4v) is 4.77. The Morgan fingerprint density at radius 1 is 1.03 bits per heavy atom. The number of piperidine rings is 1. The topological polar surface area (TPSA) is 93.0 Å². The Morgan fingerprint density at radius 2 is 1.66 bits per heavy atom. The van der Waals surface area contributed by atoms with Gasteiger partial charge in [-0.2, -0.15) is 0 Å². The maximum absolute atomic E-state index is 13.6. The van der Waals surface area contributed by atoms with Crippen molar-refractivity contribution in [3.05, 3.63) is 99.4 Å². The number of likely N-dealkylation sites (tertiary alicyclic amines) is 1. The zero-order valence-electron chi connectivity index (χ0n) is 21.4. The molecule has 0 N–H and O–H groups in total. The first-order valence-corrected chi connectivity index (χ1v) is 12.5. The summed E-state index contributed by atoms with van der Waals surface area (Å²) in [6.45, 7) is 4.03. The predicted octanol–water partition coefficient (Wildman–Crippen LogP) is 5.29. The fourth-order valence-electron chi connectivity index (χ4n) is 4.77. The van der Waals surface area contributed by atoms with Crippen LogP contribution in [-0.4, -0.2) is 54.8 Å². The van der Waals surface area contributed by atoms with Gasteiger partial charge in [0.05, 0.1) is 12.0 Å². The molecule has 1 saturated heterocycles. The van der Waals surface area contributed by atoms with Crippen molar-refractivity contribution in [2.24, 2.45) is 5.92 Å². The van der Waals surface area contributed by atoms with Crippen LogP contribution >= 0.6 is 0 Å². The van der Waals surface area contributed by atoms with Crippen LogP contribution in [0, 0.1) is 28.8 Å². The average Bonchev–Trinajstić information content (AvgIpc) is 2.93. The van der Waals surface area contributed by atoms with E-state index < -0.39 is 4.92 Å².